The van der Waals surface area contributed by atoms with E-state index in [1.807, 2.05) is 6.07 Å². The Morgan fingerprint density at radius 1 is 1.21 bits per heavy atom. The Morgan fingerprint density at radius 3 is 2.69 bits per heavy atom. The van der Waals surface area contributed by atoms with Crippen LogP contribution in [0.5, 0.6) is 0 Å². The van der Waals surface area contributed by atoms with Gasteiger partial charge in [-0.1, -0.05) is 12.1 Å². The van der Waals surface area contributed by atoms with Crippen molar-refractivity contribution in [1.82, 2.24) is 9.88 Å². The highest BCUT2D eigenvalue weighted by Gasteiger charge is 2.30. The van der Waals surface area contributed by atoms with E-state index in [0.717, 1.165) is 18.9 Å². The van der Waals surface area contributed by atoms with Crippen molar-refractivity contribution >= 4 is 33.3 Å². The summed E-state index contributed by atoms with van der Waals surface area (Å²) in [7, 11) is -2.08. The number of morpholine rings is 1. The summed E-state index contributed by atoms with van der Waals surface area (Å²) < 4.78 is 33.5. The van der Waals surface area contributed by atoms with Crippen LogP contribution in [-0.4, -0.2) is 69.9 Å². The highest BCUT2D eigenvalue weighted by Crippen LogP contribution is 2.26. The Bertz CT molecular complexity index is 1050. The summed E-state index contributed by atoms with van der Waals surface area (Å²) in [4.78, 5) is 20.6. The first-order chi connectivity index (χ1) is 13.9. The number of hydrogen-bond acceptors (Lipinski definition) is 7. The second kappa shape index (κ2) is 7.80. The molecule has 0 unspecified atom stereocenters. The van der Waals surface area contributed by atoms with Gasteiger partial charge < -0.3 is 19.9 Å². The number of aromatic nitrogens is 1. The zero-order valence-electron chi connectivity index (χ0n) is 15.9. The molecule has 9 nitrogen and oxygen atoms in total. The fourth-order valence-corrected chi connectivity index (χ4v) is 4.55. The van der Waals surface area contributed by atoms with Crippen LogP contribution in [-0.2, 0) is 19.6 Å². The van der Waals surface area contributed by atoms with Gasteiger partial charge in [0.25, 0.3) is 10.0 Å². The van der Waals surface area contributed by atoms with Crippen molar-refractivity contribution < 1.29 is 17.9 Å². The van der Waals surface area contributed by atoms with E-state index in [2.05, 4.69) is 19.6 Å². The summed E-state index contributed by atoms with van der Waals surface area (Å²) in [5.74, 6) is 0.806. The van der Waals surface area contributed by atoms with E-state index in [4.69, 9.17) is 4.74 Å². The maximum atomic E-state index is 12.4. The molecular weight excluding hydrogens is 394 g/mol. The summed E-state index contributed by atoms with van der Waals surface area (Å²) in [5, 5.41) is 2.78. The fourth-order valence-electron chi connectivity index (χ4n) is 3.29. The highest BCUT2D eigenvalue weighted by molar-refractivity contribution is 7.90. The summed E-state index contributed by atoms with van der Waals surface area (Å²) in [6.45, 7) is 2.88. The minimum absolute atomic E-state index is 0.0477. The molecule has 1 amide bonds. The Kier molecular flexibility index (Phi) is 5.20. The first-order valence-corrected chi connectivity index (χ1v) is 10.6. The number of ether oxygens (including phenoxy) is 1. The van der Waals surface area contributed by atoms with Crippen LogP contribution in [0.2, 0.25) is 0 Å². The third-order valence-electron chi connectivity index (χ3n) is 4.72. The lowest BCUT2D eigenvalue weighted by Gasteiger charge is -2.27. The molecule has 1 fully saturated rings. The molecule has 10 heteroatoms. The first kappa shape index (κ1) is 19.3. The van der Waals surface area contributed by atoms with Crippen molar-refractivity contribution in [2.24, 2.45) is 4.40 Å². The SMILES string of the molecule is CN(CC(=O)Nc1ccc(N2CCOCC2)nc1)C1=NS(=O)(=O)c2ccccc21. The second-order valence-corrected chi connectivity index (χ2v) is 8.37. The van der Waals surface area contributed by atoms with E-state index in [9.17, 15) is 13.2 Å². The van der Waals surface area contributed by atoms with Crippen LogP contribution in [0.3, 0.4) is 0 Å². The molecule has 1 aromatic heterocycles. The molecule has 3 heterocycles. The normalized spacial score (nSPS) is 17.4. The Hall–Kier alpha value is -2.98. The van der Waals surface area contributed by atoms with Gasteiger partial charge in [-0.25, -0.2) is 4.98 Å². The molecule has 2 aliphatic rings. The van der Waals surface area contributed by atoms with Gasteiger partial charge in [-0.2, -0.15) is 8.42 Å². The van der Waals surface area contributed by atoms with Gasteiger partial charge in [0.15, 0.2) is 5.84 Å². The molecule has 1 N–H and O–H groups in total. The quantitative estimate of drug-likeness (QED) is 0.792. The molecule has 1 saturated heterocycles. The van der Waals surface area contributed by atoms with Crippen LogP contribution in [0.1, 0.15) is 5.56 Å². The minimum Gasteiger partial charge on any atom is -0.378 e. The van der Waals surface area contributed by atoms with Gasteiger partial charge in [0, 0.05) is 25.7 Å². The Labute approximate surface area is 169 Å². The maximum Gasteiger partial charge on any atom is 0.285 e. The van der Waals surface area contributed by atoms with E-state index in [1.54, 1.807) is 37.5 Å². The van der Waals surface area contributed by atoms with Crippen LogP contribution < -0.4 is 10.2 Å². The molecule has 152 valence electrons. The van der Waals surface area contributed by atoms with Crippen LogP contribution in [0.4, 0.5) is 11.5 Å². The topological polar surface area (TPSA) is 104 Å². The summed E-state index contributed by atoms with van der Waals surface area (Å²) in [5.41, 5.74) is 1.07. The molecule has 2 aromatic rings. The minimum atomic E-state index is -3.72. The average molecular weight is 415 g/mol. The van der Waals surface area contributed by atoms with E-state index < -0.39 is 10.0 Å². The zero-order chi connectivity index (χ0) is 20.4. The summed E-state index contributed by atoms with van der Waals surface area (Å²) >= 11 is 0. The van der Waals surface area contributed by atoms with E-state index >= 15 is 0 Å². The molecule has 2 aliphatic heterocycles. The van der Waals surface area contributed by atoms with Crippen molar-refractivity contribution in [3.05, 3.63) is 48.2 Å². The molecule has 0 spiro atoms. The molecule has 1 aromatic carbocycles. The number of nitrogens with one attached hydrogen (secondary N) is 1. The standard InChI is InChI=1S/C19H21N5O4S/c1-23(19-15-4-2-3-5-16(15)29(26,27)22-19)13-18(25)21-14-6-7-17(20-12-14)24-8-10-28-11-9-24/h2-7,12H,8-11,13H2,1H3,(H,21,25). The smallest absolute Gasteiger partial charge is 0.285 e. The van der Waals surface area contributed by atoms with Crippen molar-refractivity contribution in [3.8, 4) is 0 Å². The fraction of sp³-hybridized carbons (Fsp3) is 0.316. The van der Waals surface area contributed by atoms with E-state index in [-0.39, 0.29) is 23.2 Å². The number of carbonyl (C=O) groups is 1. The third-order valence-corrected chi connectivity index (χ3v) is 6.05. The number of rotatable bonds is 4. The number of amides is 1. The van der Waals surface area contributed by atoms with Crippen LogP contribution in [0.15, 0.2) is 51.9 Å². The average Bonchev–Trinajstić information content (AvgIpc) is 3.01. The van der Waals surface area contributed by atoms with Gasteiger partial charge in [-0.05, 0) is 24.3 Å². The molecule has 4 rings (SSSR count). The Morgan fingerprint density at radius 2 is 1.97 bits per heavy atom. The second-order valence-electron chi connectivity index (χ2n) is 6.79. The van der Waals surface area contributed by atoms with Crippen LogP contribution >= 0.6 is 0 Å². The third kappa shape index (κ3) is 4.08. The zero-order valence-corrected chi connectivity index (χ0v) is 16.7. The lowest BCUT2D eigenvalue weighted by molar-refractivity contribution is -0.116. The number of amidine groups is 1. The molecule has 29 heavy (non-hydrogen) atoms. The largest absolute Gasteiger partial charge is 0.378 e. The lowest BCUT2D eigenvalue weighted by Crippen LogP contribution is -2.36. The number of likely N-dealkylation sites (N-methyl/N-ethyl adjacent to an activating group) is 1. The molecule has 0 saturated carbocycles. The van der Waals surface area contributed by atoms with Gasteiger partial charge >= 0.3 is 0 Å². The number of hydrogen-bond donors (Lipinski definition) is 1. The van der Waals surface area contributed by atoms with Gasteiger partial charge in [-0.3, -0.25) is 4.79 Å². The monoisotopic (exact) mass is 415 g/mol. The first-order valence-electron chi connectivity index (χ1n) is 9.18. The molecular formula is C19H21N5O4S. The number of benzene rings is 1. The number of sulfonamides is 1. The van der Waals surface area contributed by atoms with Crippen molar-refractivity contribution in [2.45, 2.75) is 4.90 Å². The number of carbonyl (C=O) groups excluding carboxylic acids is 1. The van der Waals surface area contributed by atoms with Gasteiger partial charge in [0.2, 0.25) is 5.91 Å². The predicted octanol–water partition coefficient (Wildman–Crippen LogP) is 0.938. The Balaban J connectivity index is 1.40. The van der Waals surface area contributed by atoms with E-state index in [0.29, 0.717) is 24.5 Å². The maximum absolute atomic E-state index is 12.4. The van der Waals surface area contributed by atoms with Gasteiger partial charge in [0.1, 0.15) is 10.7 Å². The van der Waals surface area contributed by atoms with E-state index in [1.165, 1.54) is 11.0 Å². The van der Waals surface area contributed by atoms with Crippen LogP contribution in [0.25, 0.3) is 0 Å². The van der Waals surface area contributed by atoms with Crippen molar-refractivity contribution in [2.75, 3.05) is 50.1 Å². The molecule has 0 aliphatic carbocycles. The lowest BCUT2D eigenvalue weighted by atomic mass is 10.2. The number of nitrogens with zero attached hydrogens (tertiary/aromatic N) is 4. The summed E-state index contributed by atoms with van der Waals surface area (Å²) in [6.07, 6.45) is 1.61. The van der Waals surface area contributed by atoms with Gasteiger partial charge in [0.05, 0.1) is 31.6 Å². The van der Waals surface area contributed by atoms with Crippen LogP contribution in [0, 0.1) is 0 Å². The summed E-state index contributed by atoms with van der Waals surface area (Å²) in [6, 6.07) is 10.2. The highest BCUT2D eigenvalue weighted by atomic mass is 32.2. The molecule has 0 atom stereocenters. The van der Waals surface area contributed by atoms with Crippen molar-refractivity contribution in [1.29, 1.82) is 0 Å². The predicted molar refractivity (Wildman–Crippen MR) is 109 cm³/mol. The molecule has 0 radical (unpaired) electrons. The molecule has 0 bridgehead atoms. The van der Waals surface area contributed by atoms with Gasteiger partial charge in [-0.15, -0.1) is 4.40 Å². The van der Waals surface area contributed by atoms with Crippen molar-refractivity contribution in [3.63, 3.8) is 0 Å². The number of pyridine rings is 1. The number of anilines is 2. The number of fused-ring (bicyclic) bond motifs is 1.